The maximum atomic E-state index is 13.3. The van der Waals surface area contributed by atoms with Gasteiger partial charge in [0.15, 0.2) is 0 Å². The van der Waals surface area contributed by atoms with E-state index in [9.17, 15) is 9.59 Å². The first-order valence-corrected chi connectivity index (χ1v) is 11.5. The van der Waals surface area contributed by atoms with Gasteiger partial charge in [0.05, 0.1) is 19.3 Å². The molecule has 33 heavy (non-hydrogen) atoms. The van der Waals surface area contributed by atoms with Crippen LogP contribution in [0.5, 0.6) is 0 Å². The second kappa shape index (κ2) is 9.59. The van der Waals surface area contributed by atoms with Crippen LogP contribution < -0.4 is 0 Å². The Bertz CT molecular complexity index is 1100. The first-order chi connectivity index (χ1) is 16.2. The van der Waals surface area contributed by atoms with E-state index in [1.807, 2.05) is 77.7 Å². The van der Waals surface area contributed by atoms with Crippen LogP contribution in [-0.4, -0.2) is 54.0 Å². The molecule has 2 fully saturated rings. The van der Waals surface area contributed by atoms with Crippen LogP contribution in [0.2, 0.25) is 0 Å². The van der Waals surface area contributed by atoms with Crippen molar-refractivity contribution in [2.24, 2.45) is 0 Å². The van der Waals surface area contributed by atoms with Gasteiger partial charge >= 0.3 is 0 Å². The molecule has 0 bridgehead atoms. The number of piperazine rings is 1. The maximum Gasteiger partial charge on any atom is 0.254 e. The number of hydrogen-bond donors (Lipinski definition) is 0. The van der Waals surface area contributed by atoms with Crippen molar-refractivity contribution in [2.75, 3.05) is 26.3 Å². The number of carbonyl (C=O) groups is 2. The number of nitrogens with zero attached hydrogens (tertiary/aromatic N) is 2. The minimum atomic E-state index is -0.0859. The van der Waals surface area contributed by atoms with Crippen molar-refractivity contribution < 1.29 is 14.3 Å². The molecule has 0 saturated carbocycles. The number of hydrogen-bond acceptors (Lipinski definition) is 3. The van der Waals surface area contributed by atoms with Gasteiger partial charge in [-0.15, -0.1) is 0 Å². The number of ether oxygens (including phenoxy) is 1. The Labute approximate surface area is 194 Å². The molecule has 1 atom stereocenters. The highest BCUT2D eigenvalue weighted by Crippen LogP contribution is 2.25. The van der Waals surface area contributed by atoms with E-state index >= 15 is 0 Å². The fraction of sp³-hybridized carbons (Fsp3) is 0.286. The quantitative estimate of drug-likeness (QED) is 0.584. The predicted molar refractivity (Wildman–Crippen MR) is 127 cm³/mol. The summed E-state index contributed by atoms with van der Waals surface area (Å²) in [5.41, 5.74) is 4.08. The van der Waals surface area contributed by atoms with Gasteiger partial charge in [-0.2, -0.15) is 0 Å². The standard InChI is InChI=1S/C28H28N2O3/c31-27-18-29(28(32)24-13-11-23(12-14-24)25-19-33-20-25)17-26(15-21-7-3-1-4-8-21)30(27)16-22-9-5-2-6-10-22/h1-14,25-26H,15-20H2/t26-/m0/s1. The lowest BCUT2D eigenvalue weighted by Crippen LogP contribution is -2.58. The highest BCUT2D eigenvalue weighted by molar-refractivity contribution is 5.97. The molecule has 0 aliphatic carbocycles. The number of carbonyl (C=O) groups excluding carboxylic acids is 2. The van der Waals surface area contributed by atoms with Crippen LogP contribution in [0.1, 0.15) is 33.0 Å². The second-order valence-corrected chi connectivity index (χ2v) is 8.89. The van der Waals surface area contributed by atoms with Gasteiger partial charge in [-0.05, 0) is 35.2 Å². The third-order valence-corrected chi connectivity index (χ3v) is 6.58. The van der Waals surface area contributed by atoms with Crippen LogP contribution in [-0.2, 0) is 22.5 Å². The monoisotopic (exact) mass is 440 g/mol. The zero-order chi connectivity index (χ0) is 22.6. The summed E-state index contributed by atoms with van der Waals surface area (Å²) in [6.07, 6.45) is 0.712. The van der Waals surface area contributed by atoms with E-state index in [0.717, 1.165) is 24.3 Å². The van der Waals surface area contributed by atoms with Gasteiger partial charge < -0.3 is 14.5 Å². The molecular weight excluding hydrogens is 412 g/mol. The van der Waals surface area contributed by atoms with Crippen molar-refractivity contribution in [2.45, 2.75) is 24.9 Å². The minimum absolute atomic E-state index is 0.0115. The van der Waals surface area contributed by atoms with Crippen LogP contribution in [0.15, 0.2) is 84.9 Å². The molecule has 2 aliphatic rings. The average Bonchev–Trinajstić information content (AvgIpc) is 2.81. The average molecular weight is 441 g/mol. The highest BCUT2D eigenvalue weighted by Gasteiger charge is 2.35. The molecule has 5 rings (SSSR count). The summed E-state index contributed by atoms with van der Waals surface area (Å²) < 4.78 is 5.27. The van der Waals surface area contributed by atoms with Crippen molar-refractivity contribution in [3.8, 4) is 0 Å². The van der Waals surface area contributed by atoms with Crippen LogP contribution >= 0.6 is 0 Å². The molecule has 2 heterocycles. The fourth-order valence-corrected chi connectivity index (χ4v) is 4.60. The lowest BCUT2D eigenvalue weighted by atomic mass is 9.96. The van der Waals surface area contributed by atoms with Crippen molar-refractivity contribution in [3.05, 3.63) is 107 Å². The Morgan fingerprint density at radius 1 is 0.848 bits per heavy atom. The van der Waals surface area contributed by atoms with E-state index in [-0.39, 0.29) is 24.4 Å². The molecule has 2 amide bonds. The molecular formula is C28H28N2O3. The zero-order valence-electron chi connectivity index (χ0n) is 18.6. The molecule has 2 aliphatic heterocycles. The fourth-order valence-electron chi connectivity index (χ4n) is 4.60. The zero-order valence-corrected chi connectivity index (χ0v) is 18.6. The van der Waals surface area contributed by atoms with Gasteiger partial charge in [-0.3, -0.25) is 9.59 Å². The number of benzene rings is 3. The summed E-state index contributed by atoms with van der Waals surface area (Å²) in [5.74, 6) is 0.326. The van der Waals surface area contributed by atoms with E-state index in [1.54, 1.807) is 4.90 Å². The Morgan fingerprint density at radius 3 is 2.09 bits per heavy atom. The van der Waals surface area contributed by atoms with Gasteiger partial charge in [0.2, 0.25) is 5.91 Å². The summed E-state index contributed by atoms with van der Waals surface area (Å²) in [5, 5.41) is 0. The normalized spacial score (nSPS) is 18.8. The lowest BCUT2D eigenvalue weighted by Gasteiger charge is -2.41. The summed E-state index contributed by atoms with van der Waals surface area (Å²) in [6.45, 7) is 2.66. The molecule has 0 unspecified atom stereocenters. The van der Waals surface area contributed by atoms with Crippen molar-refractivity contribution >= 4 is 11.8 Å². The first kappa shape index (κ1) is 21.4. The lowest BCUT2D eigenvalue weighted by molar-refractivity contribution is -0.139. The van der Waals surface area contributed by atoms with Gasteiger partial charge in [0.1, 0.15) is 6.54 Å². The molecule has 5 nitrogen and oxygen atoms in total. The summed E-state index contributed by atoms with van der Waals surface area (Å²) in [6, 6.07) is 27.9. The van der Waals surface area contributed by atoms with Gasteiger partial charge in [0, 0.05) is 24.6 Å². The second-order valence-electron chi connectivity index (χ2n) is 8.89. The molecule has 3 aromatic carbocycles. The molecule has 0 N–H and O–H groups in total. The van der Waals surface area contributed by atoms with Gasteiger partial charge in [-0.1, -0.05) is 72.8 Å². The van der Waals surface area contributed by atoms with Crippen LogP contribution in [0, 0.1) is 0 Å². The molecule has 0 aromatic heterocycles. The van der Waals surface area contributed by atoms with E-state index < -0.39 is 0 Å². The summed E-state index contributed by atoms with van der Waals surface area (Å²) in [4.78, 5) is 30.2. The SMILES string of the molecule is O=C(c1ccc(C2COC2)cc1)N1CC(=O)N(Cc2ccccc2)[C@@H](Cc2ccccc2)C1. The Balaban J connectivity index is 1.35. The Hall–Kier alpha value is -3.44. The van der Waals surface area contributed by atoms with E-state index in [4.69, 9.17) is 4.74 Å². The van der Waals surface area contributed by atoms with Gasteiger partial charge in [0.25, 0.3) is 5.91 Å². The number of rotatable bonds is 6. The third-order valence-electron chi connectivity index (χ3n) is 6.58. The van der Waals surface area contributed by atoms with Crippen molar-refractivity contribution in [1.29, 1.82) is 0 Å². The predicted octanol–water partition coefficient (Wildman–Crippen LogP) is 3.90. The van der Waals surface area contributed by atoms with Gasteiger partial charge in [-0.25, -0.2) is 0 Å². The number of amides is 2. The van der Waals surface area contributed by atoms with Crippen LogP contribution in [0.25, 0.3) is 0 Å². The van der Waals surface area contributed by atoms with Crippen LogP contribution in [0.4, 0.5) is 0 Å². The molecule has 168 valence electrons. The molecule has 0 radical (unpaired) electrons. The largest absolute Gasteiger partial charge is 0.380 e. The van der Waals surface area contributed by atoms with Crippen molar-refractivity contribution in [1.82, 2.24) is 9.80 Å². The van der Waals surface area contributed by atoms with E-state index in [1.165, 1.54) is 5.56 Å². The van der Waals surface area contributed by atoms with E-state index in [0.29, 0.717) is 31.0 Å². The molecule has 5 heteroatoms. The minimum Gasteiger partial charge on any atom is -0.380 e. The van der Waals surface area contributed by atoms with Crippen molar-refractivity contribution in [3.63, 3.8) is 0 Å². The first-order valence-electron chi connectivity index (χ1n) is 11.5. The molecule has 2 saturated heterocycles. The summed E-state index contributed by atoms with van der Waals surface area (Å²) >= 11 is 0. The Morgan fingerprint density at radius 2 is 1.48 bits per heavy atom. The Kier molecular flexibility index (Phi) is 6.22. The van der Waals surface area contributed by atoms with Crippen LogP contribution in [0.3, 0.4) is 0 Å². The summed E-state index contributed by atoms with van der Waals surface area (Å²) in [7, 11) is 0. The maximum absolute atomic E-state index is 13.3. The third kappa shape index (κ3) is 4.83. The highest BCUT2D eigenvalue weighted by atomic mass is 16.5. The topological polar surface area (TPSA) is 49.9 Å². The molecule has 3 aromatic rings. The molecule has 0 spiro atoms. The smallest absolute Gasteiger partial charge is 0.254 e. The van der Waals surface area contributed by atoms with E-state index in [2.05, 4.69) is 12.1 Å².